The lowest BCUT2D eigenvalue weighted by Gasteiger charge is -2.13. The number of nitrogens with zero attached hydrogens (tertiary/aromatic N) is 2. The molecule has 0 aliphatic carbocycles. The number of halogens is 1. The van der Waals surface area contributed by atoms with Gasteiger partial charge in [0.1, 0.15) is 25.4 Å². The van der Waals surface area contributed by atoms with E-state index in [1.807, 2.05) is 18.2 Å². The molecule has 0 bridgehead atoms. The topological polar surface area (TPSA) is 81.2 Å². The van der Waals surface area contributed by atoms with Gasteiger partial charge in [-0.05, 0) is 23.8 Å². The molecule has 0 aliphatic heterocycles. The maximum atomic E-state index is 13.6. The van der Waals surface area contributed by atoms with Gasteiger partial charge in [0, 0.05) is 17.9 Å². The van der Waals surface area contributed by atoms with Crippen molar-refractivity contribution in [2.45, 2.75) is 6.42 Å². The molecule has 1 heterocycles. The van der Waals surface area contributed by atoms with Gasteiger partial charge in [-0.3, -0.25) is 0 Å². The highest BCUT2D eigenvalue weighted by molar-refractivity contribution is 5.84. The van der Waals surface area contributed by atoms with Gasteiger partial charge < -0.3 is 28.4 Å². The number of rotatable bonds is 17. The van der Waals surface area contributed by atoms with Crippen LogP contribution in [0.4, 0.5) is 4.39 Å². The first-order chi connectivity index (χ1) is 17.7. The second-order valence-electron chi connectivity index (χ2n) is 7.59. The van der Waals surface area contributed by atoms with E-state index in [4.69, 9.17) is 34.8 Å². The van der Waals surface area contributed by atoms with Gasteiger partial charge in [-0.15, -0.1) is 6.42 Å². The predicted molar refractivity (Wildman–Crippen MR) is 133 cm³/mol. The van der Waals surface area contributed by atoms with Crippen LogP contribution in [0.3, 0.4) is 0 Å². The molecule has 0 N–H and O–H groups in total. The van der Waals surface area contributed by atoms with Gasteiger partial charge >= 0.3 is 0 Å². The summed E-state index contributed by atoms with van der Waals surface area (Å²) in [5.41, 5.74) is 2.32. The zero-order valence-electron chi connectivity index (χ0n) is 20.4. The van der Waals surface area contributed by atoms with Crippen LogP contribution < -0.4 is 9.47 Å². The fraction of sp³-hybridized carbons (Fsp3) is 0.407. The van der Waals surface area contributed by atoms with Crippen LogP contribution >= 0.6 is 0 Å². The average molecular weight is 499 g/mol. The molecule has 0 saturated heterocycles. The number of terminal acetylenes is 1. The highest BCUT2D eigenvalue weighted by Gasteiger charge is 2.12. The summed E-state index contributed by atoms with van der Waals surface area (Å²) in [6.45, 7) is 3.84. The Kier molecular flexibility index (Phi) is 11.9. The summed E-state index contributed by atoms with van der Waals surface area (Å²) in [6, 6.07) is 10.1. The molecule has 3 aromatic rings. The van der Waals surface area contributed by atoms with Gasteiger partial charge in [-0.25, -0.2) is 14.4 Å². The number of benzene rings is 2. The third-order valence-electron chi connectivity index (χ3n) is 5.05. The monoisotopic (exact) mass is 498 g/mol. The van der Waals surface area contributed by atoms with Crippen molar-refractivity contribution in [3.63, 3.8) is 0 Å². The quantitative estimate of drug-likeness (QED) is 0.207. The van der Waals surface area contributed by atoms with Gasteiger partial charge in [0.05, 0.1) is 64.6 Å². The maximum absolute atomic E-state index is 13.6. The molecule has 36 heavy (non-hydrogen) atoms. The van der Waals surface area contributed by atoms with Crippen molar-refractivity contribution in [3.05, 3.63) is 59.8 Å². The summed E-state index contributed by atoms with van der Waals surface area (Å²) in [6.07, 6.45) is 7.06. The first-order valence-corrected chi connectivity index (χ1v) is 11.6. The van der Waals surface area contributed by atoms with Crippen LogP contribution in [0.5, 0.6) is 11.5 Å². The molecule has 8 nitrogen and oxygen atoms in total. The second-order valence-corrected chi connectivity index (χ2v) is 7.59. The van der Waals surface area contributed by atoms with Crippen LogP contribution in [0, 0.1) is 18.2 Å². The van der Waals surface area contributed by atoms with Gasteiger partial charge in [-0.1, -0.05) is 18.1 Å². The second kappa shape index (κ2) is 15.7. The van der Waals surface area contributed by atoms with Gasteiger partial charge in [0.25, 0.3) is 0 Å². The third-order valence-corrected chi connectivity index (χ3v) is 5.05. The summed E-state index contributed by atoms with van der Waals surface area (Å²) in [5, 5.41) is 0.823. The molecule has 0 fully saturated rings. The van der Waals surface area contributed by atoms with Gasteiger partial charge in [-0.2, -0.15) is 0 Å². The highest BCUT2D eigenvalue weighted by atomic mass is 19.1. The Morgan fingerprint density at radius 3 is 2.19 bits per heavy atom. The largest absolute Gasteiger partial charge is 0.493 e. The van der Waals surface area contributed by atoms with Crippen molar-refractivity contribution < 1.29 is 32.8 Å². The zero-order chi connectivity index (χ0) is 25.4. The van der Waals surface area contributed by atoms with Crippen molar-refractivity contribution in [1.29, 1.82) is 0 Å². The van der Waals surface area contributed by atoms with Crippen LogP contribution in [0.25, 0.3) is 10.9 Å². The number of fused-ring (bicyclic) bond motifs is 1. The number of methoxy groups -OCH3 is 1. The van der Waals surface area contributed by atoms with E-state index in [-0.39, 0.29) is 5.82 Å². The highest BCUT2D eigenvalue weighted by Crippen LogP contribution is 2.33. The normalized spacial score (nSPS) is 10.9. The number of hydrogen-bond donors (Lipinski definition) is 0. The Balaban J connectivity index is 1.40. The third kappa shape index (κ3) is 9.06. The molecule has 1 aromatic heterocycles. The molecule has 0 amide bonds. The fourth-order valence-electron chi connectivity index (χ4n) is 3.37. The Hall–Kier alpha value is -3.29. The lowest BCUT2D eigenvalue weighted by atomic mass is 10.1. The molecule has 0 spiro atoms. The number of aromatic nitrogens is 2. The summed E-state index contributed by atoms with van der Waals surface area (Å²) in [4.78, 5) is 8.76. The Morgan fingerprint density at radius 2 is 1.53 bits per heavy atom. The van der Waals surface area contributed by atoms with Crippen LogP contribution in [0.15, 0.2) is 42.7 Å². The number of ether oxygens (including phenoxy) is 6. The first-order valence-electron chi connectivity index (χ1n) is 11.6. The minimum Gasteiger partial charge on any atom is -0.493 e. The smallest absolute Gasteiger partial charge is 0.163 e. The molecular formula is C27H31FN2O6. The van der Waals surface area contributed by atoms with Gasteiger partial charge in [0.15, 0.2) is 11.5 Å². The van der Waals surface area contributed by atoms with Crippen LogP contribution in [0.2, 0.25) is 0 Å². The minimum absolute atomic E-state index is 0.278. The lowest BCUT2D eigenvalue weighted by Crippen LogP contribution is -2.14. The maximum Gasteiger partial charge on any atom is 0.163 e. The Bertz CT molecular complexity index is 1120. The fourth-order valence-corrected chi connectivity index (χ4v) is 3.37. The van der Waals surface area contributed by atoms with Crippen molar-refractivity contribution in [2.24, 2.45) is 0 Å². The van der Waals surface area contributed by atoms with Crippen molar-refractivity contribution in [3.8, 4) is 23.8 Å². The lowest BCUT2D eigenvalue weighted by molar-refractivity contribution is -0.00194. The van der Waals surface area contributed by atoms with Crippen LogP contribution in [-0.2, 0) is 25.4 Å². The SMILES string of the molecule is C#CCOCCOCCOCCOCCOc1cc2ncnc(Cc3cccc(F)c3)c2cc1OC. The van der Waals surface area contributed by atoms with E-state index in [0.717, 1.165) is 16.6 Å². The van der Waals surface area contributed by atoms with E-state index in [0.29, 0.717) is 82.9 Å². The van der Waals surface area contributed by atoms with Crippen molar-refractivity contribution in [2.75, 3.05) is 66.6 Å². The van der Waals surface area contributed by atoms with Gasteiger partial charge in [0.2, 0.25) is 0 Å². The van der Waals surface area contributed by atoms with E-state index >= 15 is 0 Å². The molecule has 9 heteroatoms. The summed E-state index contributed by atoms with van der Waals surface area (Å²) >= 11 is 0. The molecule has 0 radical (unpaired) electrons. The first kappa shape index (κ1) is 27.3. The number of hydrogen-bond acceptors (Lipinski definition) is 8. The molecule has 0 unspecified atom stereocenters. The average Bonchev–Trinajstić information content (AvgIpc) is 2.88. The molecule has 0 atom stereocenters. The molecule has 2 aromatic carbocycles. The summed E-state index contributed by atoms with van der Waals surface area (Å²) < 4.78 is 46.4. The predicted octanol–water partition coefficient (Wildman–Crippen LogP) is 3.45. The van der Waals surface area contributed by atoms with E-state index < -0.39 is 0 Å². The van der Waals surface area contributed by atoms with Crippen molar-refractivity contribution in [1.82, 2.24) is 9.97 Å². The Morgan fingerprint density at radius 1 is 0.833 bits per heavy atom. The standard InChI is InChI=1S/C27H31FN2O6/c1-3-7-32-8-9-33-10-11-34-12-13-35-14-15-36-27-19-25-23(18-26(27)31-2)24(29-20-30-25)17-21-5-4-6-22(28)16-21/h1,4-6,16,18-20H,7-15,17H2,2H3. The molecular weight excluding hydrogens is 467 g/mol. The van der Waals surface area contributed by atoms with E-state index in [1.165, 1.54) is 18.5 Å². The summed E-state index contributed by atoms with van der Waals surface area (Å²) in [5.74, 6) is 3.24. The molecule has 0 saturated carbocycles. The van der Waals surface area contributed by atoms with Crippen LogP contribution in [0.1, 0.15) is 11.3 Å². The van der Waals surface area contributed by atoms with Crippen LogP contribution in [-0.4, -0.2) is 76.5 Å². The minimum atomic E-state index is -0.278. The van der Waals surface area contributed by atoms with E-state index in [2.05, 4.69) is 15.9 Å². The zero-order valence-corrected chi connectivity index (χ0v) is 20.4. The molecule has 3 rings (SSSR count). The summed E-state index contributed by atoms with van der Waals surface area (Å²) in [7, 11) is 1.58. The molecule has 0 aliphatic rings. The Labute approximate surface area is 210 Å². The van der Waals surface area contributed by atoms with Crippen molar-refractivity contribution >= 4 is 10.9 Å². The van der Waals surface area contributed by atoms with E-state index in [9.17, 15) is 4.39 Å². The molecule has 192 valence electrons. The van der Waals surface area contributed by atoms with E-state index in [1.54, 1.807) is 13.2 Å².